The van der Waals surface area contributed by atoms with E-state index in [9.17, 15) is 18.3 Å². The van der Waals surface area contributed by atoms with E-state index in [0.29, 0.717) is 42.7 Å². The van der Waals surface area contributed by atoms with Crippen molar-refractivity contribution < 1.29 is 27.4 Å². The predicted molar refractivity (Wildman–Crippen MR) is 135 cm³/mol. The van der Waals surface area contributed by atoms with Gasteiger partial charge in [0.2, 0.25) is 0 Å². The number of rotatable bonds is 7. The van der Waals surface area contributed by atoms with E-state index in [1.54, 1.807) is 25.3 Å². The molecule has 0 bridgehead atoms. The third-order valence-electron chi connectivity index (χ3n) is 6.97. The normalized spacial score (nSPS) is 19.3. The van der Waals surface area contributed by atoms with E-state index >= 15 is 4.39 Å². The maximum Gasteiger partial charge on any atom is 0.416 e. The first-order chi connectivity index (χ1) is 17.8. The highest BCUT2D eigenvalue weighted by atomic mass is 19.4. The van der Waals surface area contributed by atoms with Gasteiger partial charge in [-0.05, 0) is 80.1 Å². The summed E-state index contributed by atoms with van der Waals surface area (Å²) in [6.45, 7) is 1.75. The number of aliphatic hydroxyl groups is 1. The summed E-state index contributed by atoms with van der Waals surface area (Å²) < 4.78 is 58.9. The second kappa shape index (κ2) is 11.9. The molecule has 0 amide bonds. The van der Waals surface area contributed by atoms with Crippen molar-refractivity contribution in [3.63, 3.8) is 0 Å². The number of halogens is 4. The molecule has 0 radical (unpaired) electrons. The Morgan fingerprint density at radius 3 is 2.73 bits per heavy atom. The van der Waals surface area contributed by atoms with Crippen molar-refractivity contribution in [2.75, 3.05) is 33.4 Å². The Hall–Kier alpha value is -3.15. The third kappa shape index (κ3) is 7.00. The first-order valence-corrected chi connectivity index (χ1v) is 12.3. The van der Waals surface area contributed by atoms with E-state index in [1.807, 2.05) is 18.2 Å². The van der Waals surface area contributed by atoms with Crippen LogP contribution in [0.4, 0.5) is 17.6 Å². The Morgan fingerprint density at radius 1 is 1.14 bits per heavy atom. The number of alkyl halides is 4. The molecule has 8 heteroatoms. The van der Waals surface area contributed by atoms with E-state index in [4.69, 9.17) is 4.74 Å². The molecule has 1 aliphatic rings. The molecule has 37 heavy (non-hydrogen) atoms. The lowest BCUT2D eigenvalue weighted by Gasteiger charge is -2.37. The molecule has 3 atom stereocenters. The zero-order valence-electron chi connectivity index (χ0n) is 20.6. The van der Waals surface area contributed by atoms with E-state index in [2.05, 4.69) is 21.7 Å². The summed E-state index contributed by atoms with van der Waals surface area (Å²) in [5.74, 6) is 6.66. The van der Waals surface area contributed by atoms with Gasteiger partial charge in [-0.15, -0.1) is 0 Å². The van der Waals surface area contributed by atoms with Crippen LogP contribution in [0.1, 0.15) is 42.3 Å². The Bertz CT molecular complexity index is 1270. The van der Waals surface area contributed by atoms with Gasteiger partial charge in [0.1, 0.15) is 11.9 Å². The summed E-state index contributed by atoms with van der Waals surface area (Å²) in [4.78, 5) is 6.56. The second-order valence-corrected chi connectivity index (χ2v) is 9.45. The van der Waals surface area contributed by atoms with E-state index in [-0.39, 0.29) is 18.4 Å². The molecular formula is C29H30F4N2O2. The molecule has 1 N–H and O–H groups in total. The average molecular weight is 515 g/mol. The van der Waals surface area contributed by atoms with Crippen LogP contribution in [0.25, 0.3) is 10.9 Å². The molecule has 1 fully saturated rings. The largest absolute Gasteiger partial charge is 0.497 e. The molecular weight excluding hydrogens is 484 g/mol. The Kier molecular flexibility index (Phi) is 8.67. The van der Waals surface area contributed by atoms with Crippen LogP contribution in [0, 0.1) is 23.7 Å². The van der Waals surface area contributed by atoms with Crippen LogP contribution in [0.15, 0.2) is 54.6 Å². The third-order valence-corrected chi connectivity index (χ3v) is 6.97. The fraction of sp³-hybridized carbons (Fsp3) is 0.414. The number of fused-ring (bicyclic) bond motifs is 1. The second-order valence-electron chi connectivity index (χ2n) is 9.45. The van der Waals surface area contributed by atoms with Crippen LogP contribution in [0.2, 0.25) is 0 Å². The first-order valence-electron chi connectivity index (χ1n) is 12.3. The van der Waals surface area contributed by atoms with Crippen molar-refractivity contribution in [2.24, 2.45) is 11.8 Å². The SMILES string of the molecule is COc1ccc2nc([C@H](F)CC[C@@H]3CCN(CC#Cc4cccc(C(F)(F)F)c4)C[C@@H]3CO)ccc2c1. The molecule has 2 heterocycles. The number of nitrogens with zero attached hydrogens (tertiary/aromatic N) is 2. The topological polar surface area (TPSA) is 45.6 Å². The zero-order valence-corrected chi connectivity index (χ0v) is 20.6. The van der Waals surface area contributed by atoms with Crippen molar-refractivity contribution in [2.45, 2.75) is 31.6 Å². The van der Waals surface area contributed by atoms with Crippen molar-refractivity contribution in [1.29, 1.82) is 0 Å². The minimum Gasteiger partial charge on any atom is -0.497 e. The number of ether oxygens (including phenoxy) is 1. The summed E-state index contributed by atoms with van der Waals surface area (Å²) >= 11 is 0. The number of piperidine rings is 1. The summed E-state index contributed by atoms with van der Waals surface area (Å²) in [6, 6.07) is 14.0. The van der Waals surface area contributed by atoms with Gasteiger partial charge in [-0.1, -0.05) is 24.0 Å². The number of hydrogen-bond donors (Lipinski definition) is 1. The number of likely N-dealkylation sites (tertiary alicyclic amines) is 1. The smallest absolute Gasteiger partial charge is 0.416 e. The van der Waals surface area contributed by atoms with Crippen molar-refractivity contribution >= 4 is 10.9 Å². The van der Waals surface area contributed by atoms with Gasteiger partial charge in [-0.2, -0.15) is 13.2 Å². The van der Waals surface area contributed by atoms with Crippen LogP contribution in [0.5, 0.6) is 5.75 Å². The molecule has 0 saturated carbocycles. The van der Waals surface area contributed by atoms with Gasteiger partial charge >= 0.3 is 6.18 Å². The Labute approximate surface area is 214 Å². The molecule has 196 valence electrons. The number of methoxy groups -OCH3 is 1. The van der Waals surface area contributed by atoms with E-state index in [1.165, 1.54) is 6.07 Å². The summed E-state index contributed by atoms with van der Waals surface area (Å²) in [6.07, 6.45) is -3.83. The number of benzene rings is 2. The van der Waals surface area contributed by atoms with Gasteiger partial charge in [0.05, 0.1) is 30.4 Å². The van der Waals surface area contributed by atoms with Crippen molar-refractivity contribution in [3.05, 3.63) is 71.4 Å². The number of aromatic nitrogens is 1. The molecule has 1 aromatic heterocycles. The summed E-state index contributed by atoms with van der Waals surface area (Å²) in [7, 11) is 1.60. The molecule has 1 aliphatic heterocycles. The van der Waals surface area contributed by atoms with Crippen LogP contribution in [-0.2, 0) is 6.18 Å². The van der Waals surface area contributed by atoms with Gasteiger partial charge in [0.15, 0.2) is 0 Å². The van der Waals surface area contributed by atoms with Crippen molar-refractivity contribution in [3.8, 4) is 17.6 Å². The van der Waals surface area contributed by atoms with Gasteiger partial charge < -0.3 is 9.84 Å². The van der Waals surface area contributed by atoms with Gasteiger partial charge in [-0.25, -0.2) is 9.37 Å². The lowest BCUT2D eigenvalue weighted by Crippen LogP contribution is -2.42. The lowest BCUT2D eigenvalue weighted by molar-refractivity contribution is -0.137. The maximum atomic E-state index is 15.1. The van der Waals surface area contributed by atoms with Gasteiger partial charge in [0.25, 0.3) is 0 Å². The molecule has 4 rings (SSSR count). The van der Waals surface area contributed by atoms with Gasteiger partial charge in [-0.3, -0.25) is 4.90 Å². The molecule has 0 spiro atoms. The van der Waals surface area contributed by atoms with Crippen LogP contribution in [0.3, 0.4) is 0 Å². The quantitative estimate of drug-likeness (QED) is 0.309. The van der Waals surface area contributed by atoms with Crippen LogP contribution < -0.4 is 4.74 Å². The summed E-state index contributed by atoms with van der Waals surface area (Å²) in [5, 5.41) is 10.8. The lowest BCUT2D eigenvalue weighted by atomic mass is 9.82. The molecule has 2 aromatic carbocycles. The van der Waals surface area contributed by atoms with Crippen LogP contribution >= 0.6 is 0 Å². The molecule has 0 unspecified atom stereocenters. The number of aliphatic hydroxyl groups excluding tert-OH is 1. The minimum atomic E-state index is -4.40. The fourth-order valence-corrected chi connectivity index (χ4v) is 4.84. The molecule has 3 aromatic rings. The predicted octanol–water partition coefficient (Wildman–Crippen LogP) is 6.04. The number of hydrogen-bond acceptors (Lipinski definition) is 4. The molecule has 0 aliphatic carbocycles. The van der Waals surface area contributed by atoms with E-state index < -0.39 is 17.9 Å². The van der Waals surface area contributed by atoms with Gasteiger partial charge in [0, 0.05) is 24.1 Å². The number of pyridine rings is 1. The van der Waals surface area contributed by atoms with Crippen molar-refractivity contribution in [1.82, 2.24) is 9.88 Å². The first kappa shape index (κ1) is 26.9. The standard InChI is InChI=1S/C29H30F4N2O2/c1-37-25-9-12-27-22(17-25)8-11-28(34-27)26(30)10-7-21-13-15-35(18-23(21)19-36)14-3-5-20-4-2-6-24(16-20)29(31,32)33/h2,4,6,8-9,11-12,16-17,21,23,26,36H,7,10,13-15,18-19H2,1H3/t21-,23-,26-/m1/s1. The van der Waals surface area contributed by atoms with E-state index in [0.717, 1.165) is 36.2 Å². The fourth-order valence-electron chi connectivity index (χ4n) is 4.84. The monoisotopic (exact) mass is 514 g/mol. The molecule has 4 nitrogen and oxygen atoms in total. The highest BCUT2D eigenvalue weighted by molar-refractivity contribution is 5.80. The summed E-state index contributed by atoms with van der Waals surface area (Å²) in [5.41, 5.74) is 0.721. The molecule has 1 saturated heterocycles. The van der Waals surface area contributed by atoms with Crippen LogP contribution in [-0.4, -0.2) is 48.3 Å². The highest BCUT2D eigenvalue weighted by Crippen LogP contribution is 2.33. The zero-order chi connectivity index (χ0) is 26.4. The average Bonchev–Trinajstić information content (AvgIpc) is 2.91. The Morgan fingerprint density at radius 2 is 1.97 bits per heavy atom. The highest BCUT2D eigenvalue weighted by Gasteiger charge is 2.31. The minimum absolute atomic E-state index is 0.00473. The Balaban J connectivity index is 1.30. The maximum absolute atomic E-state index is 15.1.